The molecule has 3 rings (SSSR count). The predicted molar refractivity (Wildman–Crippen MR) is 72.1 cm³/mol. The Kier molecular flexibility index (Phi) is 3.35. The van der Waals surface area contributed by atoms with Crippen molar-refractivity contribution in [3.05, 3.63) is 35.9 Å². The first-order chi connectivity index (χ1) is 8.81. The van der Waals surface area contributed by atoms with Gasteiger partial charge in [-0.05, 0) is 43.1 Å². The highest BCUT2D eigenvalue weighted by Gasteiger charge is 2.39. The summed E-state index contributed by atoms with van der Waals surface area (Å²) in [4.78, 5) is 11.9. The molecule has 2 aliphatic rings. The molecular weight excluding hydrogens is 222 g/mol. The molecule has 2 saturated carbocycles. The fraction of sp³-hybridized carbons (Fsp3) is 0.562. The lowest BCUT2D eigenvalue weighted by molar-refractivity contribution is -0.122. The Labute approximate surface area is 109 Å². The summed E-state index contributed by atoms with van der Waals surface area (Å²) in [6.07, 6.45) is 6.77. The summed E-state index contributed by atoms with van der Waals surface area (Å²) in [5.41, 5.74) is 1.25. The number of carbonyl (C=O) groups excluding carboxylic acids is 1. The molecule has 0 aliphatic heterocycles. The maximum atomic E-state index is 11.9. The molecule has 2 bridgehead atoms. The molecule has 1 aromatic carbocycles. The molecule has 3 atom stereocenters. The first kappa shape index (κ1) is 11.8. The van der Waals surface area contributed by atoms with Crippen LogP contribution in [0.3, 0.4) is 0 Å². The van der Waals surface area contributed by atoms with Crippen molar-refractivity contribution in [2.75, 3.05) is 0 Å². The van der Waals surface area contributed by atoms with Gasteiger partial charge in [0.25, 0.3) is 0 Å². The van der Waals surface area contributed by atoms with Gasteiger partial charge in [0.05, 0.1) is 0 Å². The molecular formula is C16H21NO. The predicted octanol–water partition coefficient (Wildman–Crippen LogP) is 2.92. The van der Waals surface area contributed by atoms with Gasteiger partial charge in [-0.15, -0.1) is 0 Å². The lowest BCUT2D eigenvalue weighted by Crippen LogP contribution is -2.38. The number of hydrogen-bond donors (Lipinski definition) is 1. The molecule has 1 aromatic rings. The van der Waals surface area contributed by atoms with E-state index in [1.807, 2.05) is 18.2 Å². The summed E-state index contributed by atoms with van der Waals surface area (Å²) < 4.78 is 0. The quantitative estimate of drug-likeness (QED) is 0.865. The Morgan fingerprint density at radius 3 is 2.67 bits per heavy atom. The summed E-state index contributed by atoms with van der Waals surface area (Å²) in [5.74, 6) is 1.90. The normalized spacial score (nSPS) is 29.4. The summed E-state index contributed by atoms with van der Waals surface area (Å²) in [6.45, 7) is 0. The molecule has 2 nitrogen and oxygen atoms in total. The maximum absolute atomic E-state index is 11.9. The van der Waals surface area contributed by atoms with Gasteiger partial charge >= 0.3 is 0 Å². The zero-order valence-electron chi connectivity index (χ0n) is 10.8. The second kappa shape index (κ2) is 5.13. The smallest absolute Gasteiger partial charge is 0.220 e. The average molecular weight is 243 g/mol. The van der Waals surface area contributed by atoms with Crippen LogP contribution in [0, 0.1) is 11.8 Å². The van der Waals surface area contributed by atoms with E-state index in [0.717, 1.165) is 18.3 Å². The van der Waals surface area contributed by atoms with Gasteiger partial charge < -0.3 is 5.32 Å². The average Bonchev–Trinajstić information content (AvgIpc) is 3.00. The Balaban J connectivity index is 1.45. The van der Waals surface area contributed by atoms with Crippen LogP contribution < -0.4 is 5.32 Å². The Bertz CT molecular complexity index is 414. The van der Waals surface area contributed by atoms with Crippen LogP contribution in [0.15, 0.2) is 30.3 Å². The second-order valence-corrected chi connectivity index (χ2v) is 5.83. The number of carbonyl (C=O) groups is 1. The number of hydrogen-bond acceptors (Lipinski definition) is 1. The number of nitrogens with one attached hydrogen (secondary N) is 1. The highest BCUT2D eigenvalue weighted by atomic mass is 16.1. The Hall–Kier alpha value is -1.31. The van der Waals surface area contributed by atoms with Crippen LogP contribution in [0.1, 0.15) is 37.7 Å². The summed E-state index contributed by atoms with van der Waals surface area (Å²) in [6, 6.07) is 10.7. The SMILES string of the molecule is O=C(CCc1ccccc1)N[C@H]1C[C@H]2CC[C@H]1C2. The summed E-state index contributed by atoms with van der Waals surface area (Å²) in [5, 5.41) is 3.24. The van der Waals surface area contributed by atoms with Crippen LogP contribution in [-0.2, 0) is 11.2 Å². The van der Waals surface area contributed by atoms with Crippen LogP contribution in [0.25, 0.3) is 0 Å². The first-order valence-corrected chi connectivity index (χ1v) is 7.14. The monoisotopic (exact) mass is 243 g/mol. The maximum Gasteiger partial charge on any atom is 0.220 e. The van der Waals surface area contributed by atoms with Crippen LogP contribution in [-0.4, -0.2) is 11.9 Å². The molecule has 2 fully saturated rings. The Morgan fingerprint density at radius 1 is 1.17 bits per heavy atom. The summed E-state index contributed by atoms with van der Waals surface area (Å²) >= 11 is 0. The molecule has 96 valence electrons. The highest BCUT2D eigenvalue weighted by molar-refractivity contribution is 5.76. The molecule has 0 unspecified atom stereocenters. The van der Waals surface area contributed by atoms with Crippen molar-refractivity contribution >= 4 is 5.91 Å². The number of rotatable bonds is 4. The van der Waals surface area contributed by atoms with Crippen molar-refractivity contribution in [3.63, 3.8) is 0 Å². The third-order valence-electron chi connectivity index (χ3n) is 4.57. The van der Waals surface area contributed by atoms with Gasteiger partial charge in [0.1, 0.15) is 0 Å². The van der Waals surface area contributed by atoms with Crippen LogP contribution in [0.2, 0.25) is 0 Å². The van der Waals surface area contributed by atoms with Gasteiger partial charge in [0.2, 0.25) is 5.91 Å². The van der Waals surface area contributed by atoms with E-state index in [4.69, 9.17) is 0 Å². The number of aryl methyl sites for hydroxylation is 1. The van der Waals surface area contributed by atoms with E-state index in [-0.39, 0.29) is 5.91 Å². The van der Waals surface area contributed by atoms with Crippen molar-refractivity contribution in [2.24, 2.45) is 11.8 Å². The molecule has 0 radical (unpaired) electrons. The van der Waals surface area contributed by atoms with Gasteiger partial charge in [-0.25, -0.2) is 0 Å². The molecule has 2 aliphatic carbocycles. The second-order valence-electron chi connectivity index (χ2n) is 5.83. The molecule has 1 N–H and O–H groups in total. The van der Waals surface area contributed by atoms with E-state index < -0.39 is 0 Å². The van der Waals surface area contributed by atoms with Gasteiger partial charge in [0, 0.05) is 12.5 Å². The zero-order chi connectivity index (χ0) is 12.4. The number of benzene rings is 1. The molecule has 0 spiro atoms. The molecule has 0 aromatic heterocycles. The fourth-order valence-corrected chi connectivity index (χ4v) is 3.60. The molecule has 2 heteroatoms. The van der Waals surface area contributed by atoms with Crippen molar-refractivity contribution in [3.8, 4) is 0 Å². The standard InChI is InChI=1S/C16H21NO/c18-16(9-7-12-4-2-1-3-5-12)17-15-11-13-6-8-14(15)10-13/h1-5,13-15H,6-11H2,(H,17,18)/t13-,14-,15-/m0/s1. The minimum Gasteiger partial charge on any atom is -0.353 e. The number of fused-ring (bicyclic) bond motifs is 2. The zero-order valence-corrected chi connectivity index (χ0v) is 10.8. The van der Waals surface area contributed by atoms with Crippen LogP contribution in [0.5, 0.6) is 0 Å². The van der Waals surface area contributed by atoms with E-state index in [1.54, 1.807) is 0 Å². The van der Waals surface area contributed by atoms with Gasteiger partial charge in [-0.2, -0.15) is 0 Å². The van der Waals surface area contributed by atoms with E-state index in [2.05, 4.69) is 17.4 Å². The topological polar surface area (TPSA) is 29.1 Å². The minimum absolute atomic E-state index is 0.233. The van der Waals surface area contributed by atoms with E-state index in [9.17, 15) is 4.79 Å². The largest absolute Gasteiger partial charge is 0.353 e. The van der Waals surface area contributed by atoms with Crippen molar-refractivity contribution in [1.29, 1.82) is 0 Å². The highest BCUT2D eigenvalue weighted by Crippen LogP contribution is 2.44. The van der Waals surface area contributed by atoms with Crippen LogP contribution >= 0.6 is 0 Å². The molecule has 0 heterocycles. The molecule has 1 amide bonds. The van der Waals surface area contributed by atoms with Crippen molar-refractivity contribution in [1.82, 2.24) is 5.32 Å². The van der Waals surface area contributed by atoms with E-state index in [1.165, 1.54) is 31.2 Å². The molecule has 18 heavy (non-hydrogen) atoms. The first-order valence-electron chi connectivity index (χ1n) is 7.14. The third kappa shape index (κ3) is 2.58. The van der Waals surface area contributed by atoms with E-state index >= 15 is 0 Å². The van der Waals surface area contributed by atoms with Crippen LogP contribution in [0.4, 0.5) is 0 Å². The summed E-state index contributed by atoms with van der Waals surface area (Å²) in [7, 11) is 0. The minimum atomic E-state index is 0.233. The van der Waals surface area contributed by atoms with Gasteiger partial charge in [-0.3, -0.25) is 4.79 Å². The Morgan fingerprint density at radius 2 is 2.00 bits per heavy atom. The lowest BCUT2D eigenvalue weighted by Gasteiger charge is -2.22. The molecule has 0 saturated heterocycles. The van der Waals surface area contributed by atoms with Crippen molar-refractivity contribution < 1.29 is 4.79 Å². The third-order valence-corrected chi connectivity index (χ3v) is 4.57. The van der Waals surface area contributed by atoms with Gasteiger partial charge in [0.15, 0.2) is 0 Å². The number of amides is 1. The van der Waals surface area contributed by atoms with E-state index in [0.29, 0.717) is 12.5 Å². The fourth-order valence-electron chi connectivity index (χ4n) is 3.60. The van der Waals surface area contributed by atoms with Crippen molar-refractivity contribution in [2.45, 2.75) is 44.6 Å². The lowest BCUT2D eigenvalue weighted by atomic mass is 9.95. The van der Waals surface area contributed by atoms with Gasteiger partial charge in [-0.1, -0.05) is 36.8 Å².